The van der Waals surface area contributed by atoms with Crippen LogP contribution in [0.1, 0.15) is 18.9 Å². The second kappa shape index (κ2) is 8.11. The highest BCUT2D eigenvalue weighted by molar-refractivity contribution is 7.89. The Balaban J connectivity index is 1.82. The van der Waals surface area contributed by atoms with Crippen molar-refractivity contribution in [2.75, 3.05) is 30.9 Å². The van der Waals surface area contributed by atoms with Gasteiger partial charge < -0.3 is 10.2 Å². The zero-order valence-electron chi connectivity index (χ0n) is 16.1. The summed E-state index contributed by atoms with van der Waals surface area (Å²) in [7, 11) is -0.832. The highest BCUT2D eigenvalue weighted by Gasteiger charge is 2.27. The average Bonchev–Trinajstić information content (AvgIpc) is 2.68. The summed E-state index contributed by atoms with van der Waals surface area (Å²) < 4.78 is 26.0. The third-order valence-corrected chi connectivity index (χ3v) is 7.25. The Hall–Kier alpha value is -2.09. The zero-order valence-corrected chi connectivity index (χ0v) is 17.7. The van der Waals surface area contributed by atoms with Crippen LogP contribution < -0.4 is 10.2 Å². The smallest absolute Gasteiger partial charge is 0.246 e. The molecule has 0 bridgehead atoms. The number of hydrogen-bond donors (Lipinski definition) is 1. The van der Waals surface area contributed by atoms with Gasteiger partial charge in [-0.2, -0.15) is 0 Å². The van der Waals surface area contributed by atoms with Crippen LogP contribution in [0, 0.1) is 0 Å². The molecule has 0 aliphatic carbocycles. The van der Waals surface area contributed by atoms with E-state index in [1.165, 1.54) is 31.8 Å². The van der Waals surface area contributed by atoms with Crippen molar-refractivity contribution in [3.05, 3.63) is 53.1 Å². The van der Waals surface area contributed by atoms with Gasteiger partial charge in [0.15, 0.2) is 0 Å². The van der Waals surface area contributed by atoms with Crippen LogP contribution in [0.15, 0.2) is 47.4 Å². The third-order valence-electron chi connectivity index (χ3n) is 4.95. The van der Waals surface area contributed by atoms with Crippen molar-refractivity contribution < 1.29 is 13.2 Å². The molecule has 28 heavy (non-hydrogen) atoms. The highest BCUT2D eigenvalue weighted by atomic mass is 35.5. The lowest BCUT2D eigenvalue weighted by atomic mass is 10.00. The fourth-order valence-corrected chi connectivity index (χ4v) is 4.72. The molecule has 1 aliphatic rings. The van der Waals surface area contributed by atoms with E-state index in [1.54, 1.807) is 6.07 Å². The summed E-state index contributed by atoms with van der Waals surface area (Å²) in [6.45, 7) is 2.65. The molecular weight excluding hydrogens is 398 g/mol. The molecule has 2 aromatic carbocycles. The van der Waals surface area contributed by atoms with Gasteiger partial charge in [-0.25, -0.2) is 12.7 Å². The van der Waals surface area contributed by atoms with E-state index >= 15 is 0 Å². The maximum absolute atomic E-state index is 12.9. The van der Waals surface area contributed by atoms with E-state index in [1.807, 2.05) is 25.1 Å². The van der Waals surface area contributed by atoms with Crippen LogP contribution in [-0.2, 0) is 21.2 Å². The predicted octanol–water partition coefficient (Wildman–Crippen LogP) is 3.37. The number of nitrogens with one attached hydrogen (secondary N) is 1. The summed E-state index contributed by atoms with van der Waals surface area (Å²) in [4.78, 5) is 14.9. The maximum Gasteiger partial charge on any atom is 0.246 e. The van der Waals surface area contributed by atoms with Crippen LogP contribution in [0.25, 0.3) is 0 Å². The molecule has 1 N–H and O–H groups in total. The fraction of sp³-hybridized carbons (Fsp3) is 0.350. The minimum absolute atomic E-state index is 0.0343. The molecule has 8 heteroatoms. The molecular formula is C20H24ClN3O3S. The Bertz CT molecular complexity index is 992. The number of halogens is 1. The predicted molar refractivity (Wildman–Crippen MR) is 113 cm³/mol. The van der Waals surface area contributed by atoms with Crippen molar-refractivity contribution in [3.63, 3.8) is 0 Å². The molecule has 0 fully saturated rings. The lowest BCUT2D eigenvalue weighted by molar-refractivity contribution is -0.117. The standard InChI is InChI=1S/C20H24ClN3O3S/c1-14(24-12-6-8-15-7-4-5-9-18(15)24)20(25)22-16-10-11-17(21)19(13-16)28(26,27)23(2)3/h4-5,7,9-11,13-14H,6,8,12H2,1-3H3,(H,22,25)/t14-/m0/s1. The number of benzene rings is 2. The minimum Gasteiger partial charge on any atom is -0.360 e. The van der Waals surface area contributed by atoms with Crippen LogP contribution in [0.5, 0.6) is 0 Å². The number of carbonyl (C=O) groups excluding carboxylic acids is 1. The SMILES string of the molecule is C[C@@H](C(=O)Nc1ccc(Cl)c(S(=O)(=O)N(C)C)c1)N1CCCc2ccccc21. The van der Waals surface area contributed by atoms with Gasteiger partial charge in [0.1, 0.15) is 10.9 Å². The Morgan fingerprint density at radius 1 is 1.21 bits per heavy atom. The first-order chi connectivity index (χ1) is 13.2. The first-order valence-electron chi connectivity index (χ1n) is 9.09. The van der Waals surface area contributed by atoms with Crippen LogP contribution in [0.4, 0.5) is 11.4 Å². The number of nitrogens with zero attached hydrogens (tertiary/aromatic N) is 2. The fourth-order valence-electron chi connectivity index (χ4n) is 3.33. The van der Waals surface area contributed by atoms with E-state index in [9.17, 15) is 13.2 Å². The van der Waals surface area contributed by atoms with Crippen LogP contribution in [0.2, 0.25) is 5.02 Å². The van der Waals surface area contributed by atoms with Crippen LogP contribution >= 0.6 is 11.6 Å². The lowest BCUT2D eigenvalue weighted by Crippen LogP contribution is -2.44. The number of amides is 1. The Labute approximate surface area is 171 Å². The summed E-state index contributed by atoms with van der Waals surface area (Å²) in [5, 5.41) is 2.94. The second-order valence-corrected chi connectivity index (χ2v) is 9.55. The van der Waals surface area contributed by atoms with Gasteiger partial charge >= 0.3 is 0 Å². The number of anilines is 2. The molecule has 0 saturated carbocycles. The van der Waals surface area contributed by atoms with Crippen molar-refractivity contribution in [1.82, 2.24) is 4.31 Å². The van der Waals surface area contributed by atoms with Crippen molar-refractivity contribution in [3.8, 4) is 0 Å². The first-order valence-corrected chi connectivity index (χ1v) is 10.9. The lowest BCUT2D eigenvalue weighted by Gasteiger charge is -2.35. The zero-order chi connectivity index (χ0) is 20.5. The number of hydrogen-bond acceptors (Lipinski definition) is 4. The van der Waals surface area contributed by atoms with E-state index in [4.69, 9.17) is 11.6 Å². The molecule has 1 amide bonds. The Kier molecular flexibility index (Phi) is 5.98. The monoisotopic (exact) mass is 421 g/mol. The number of fused-ring (bicyclic) bond motifs is 1. The molecule has 6 nitrogen and oxygen atoms in total. The first kappa shape index (κ1) is 20.6. The number of aryl methyl sites for hydroxylation is 1. The van der Waals surface area contributed by atoms with Gasteiger partial charge in [-0.15, -0.1) is 0 Å². The number of carbonyl (C=O) groups is 1. The van der Waals surface area contributed by atoms with Gasteiger partial charge in [0.2, 0.25) is 15.9 Å². The van der Waals surface area contributed by atoms with Gasteiger partial charge in [0.25, 0.3) is 0 Å². The molecule has 0 saturated heterocycles. The average molecular weight is 422 g/mol. The summed E-state index contributed by atoms with van der Waals surface area (Å²) >= 11 is 6.08. The van der Waals surface area contributed by atoms with Crippen molar-refractivity contribution in [2.45, 2.75) is 30.7 Å². The maximum atomic E-state index is 12.9. The van der Waals surface area contributed by atoms with Crippen LogP contribution in [0.3, 0.4) is 0 Å². The number of para-hydroxylation sites is 1. The van der Waals surface area contributed by atoms with Gasteiger partial charge in [0.05, 0.1) is 5.02 Å². The van der Waals surface area contributed by atoms with E-state index in [0.717, 1.165) is 29.4 Å². The summed E-state index contributed by atoms with van der Waals surface area (Å²) in [5.74, 6) is -0.202. The summed E-state index contributed by atoms with van der Waals surface area (Å²) in [6.07, 6.45) is 1.99. The van der Waals surface area contributed by atoms with E-state index < -0.39 is 16.1 Å². The normalized spacial score (nSPS) is 15.2. The molecule has 0 radical (unpaired) electrons. The topological polar surface area (TPSA) is 69.7 Å². The summed E-state index contributed by atoms with van der Waals surface area (Å²) in [6, 6.07) is 12.2. The minimum atomic E-state index is -3.71. The molecule has 2 aromatic rings. The number of sulfonamides is 1. The van der Waals surface area contributed by atoms with Gasteiger partial charge in [-0.1, -0.05) is 29.8 Å². The summed E-state index contributed by atoms with van der Waals surface area (Å²) in [5.41, 5.74) is 2.70. The molecule has 3 rings (SSSR count). The van der Waals surface area contributed by atoms with Crippen LogP contribution in [-0.4, -0.2) is 45.3 Å². The molecule has 1 atom stereocenters. The molecule has 1 aliphatic heterocycles. The van der Waals surface area contributed by atoms with Crippen molar-refractivity contribution in [2.24, 2.45) is 0 Å². The van der Waals surface area contributed by atoms with Gasteiger partial charge in [-0.3, -0.25) is 4.79 Å². The highest BCUT2D eigenvalue weighted by Crippen LogP contribution is 2.30. The van der Waals surface area contributed by atoms with E-state index in [-0.39, 0.29) is 15.8 Å². The van der Waals surface area contributed by atoms with Crippen molar-refractivity contribution in [1.29, 1.82) is 0 Å². The molecule has 0 spiro atoms. The quantitative estimate of drug-likeness (QED) is 0.803. The molecule has 150 valence electrons. The Morgan fingerprint density at radius 2 is 1.93 bits per heavy atom. The molecule has 0 unspecified atom stereocenters. The molecule has 1 heterocycles. The van der Waals surface area contributed by atoms with E-state index in [2.05, 4.69) is 16.3 Å². The van der Waals surface area contributed by atoms with Crippen molar-refractivity contribution >= 4 is 38.9 Å². The second-order valence-electron chi connectivity index (χ2n) is 7.02. The third kappa shape index (κ3) is 4.01. The van der Waals surface area contributed by atoms with E-state index in [0.29, 0.717) is 5.69 Å². The van der Waals surface area contributed by atoms with Gasteiger partial charge in [-0.05, 0) is 49.6 Å². The Morgan fingerprint density at radius 3 is 2.64 bits per heavy atom. The van der Waals surface area contributed by atoms with Gasteiger partial charge in [0, 0.05) is 32.0 Å². The molecule has 0 aromatic heterocycles. The number of rotatable bonds is 5. The largest absolute Gasteiger partial charge is 0.360 e.